The zero-order chi connectivity index (χ0) is 17.6. The van der Waals surface area contributed by atoms with Crippen molar-refractivity contribution in [1.82, 2.24) is 4.98 Å². The fourth-order valence-corrected chi connectivity index (χ4v) is 4.57. The fourth-order valence-electron chi connectivity index (χ4n) is 3.31. The first kappa shape index (κ1) is 15.7. The van der Waals surface area contributed by atoms with E-state index in [1.807, 2.05) is 12.1 Å². The molecule has 0 fully saturated rings. The average Bonchev–Trinajstić information content (AvgIpc) is 2.94. The van der Waals surface area contributed by atoms with E-state index < -0.39 is 0 Å². The van der Waals surface area contributed by atoms with Gasteiger partial charge in [-0.05, 0) is 30.2 Å². The monoisotopic (exact) mass is 365 g/mol. The second-order valence-corrected chi connectivity index (χ2v) is 7.39. The van der Waals surface area contributed by atoms with Gasteiger partial charge in [-0.25, -0.2) is 0 Å². The van der Waals surface area contributed by atoms with Crippen molar-refractivity contribution in [3.63, 3.8) is 0 Å². The summed E-state index contributed by atoms with van der Waals surface area (Å²) in [4.78, 5) is 7.59. The third-order valence-corrected chi connectivity index (χ3v) is 5.72. The summed E-state index contributed by atoms with van der Waals surface area (Å²) in [5, 5.41) is 20.9. The van der Waals surface area contributed by atoms with E-state index in [-0.39, 0.29) is 0 Å². The van der Waals surface area contributed by atoms with Gasteiger partial charge in [-0.1, -0.05) is 11.6 Å². The van der Waals surface area contributed by atoms with E-state index in [1.54, 1.807) is 12.3 Å². The number of benzene rings is 1. The number of fused-ring (bicyclic) bond motifs is 2. The van der Waals surface area contributed by atoms with Gasteiger partial charge in [0.25, 0.3) is 0 Å². The maximum Gasteiger partial charge on any atom is 0.104 e. The number of halogens is 1. The summed E-state index contributed by atoms with van der Waals surface area (Å²) in [7, 11) is 0. The number of hydrogen-bond acceptors (Lipinski definition) is 6. The number of hydrogen-bond donors (Lipinski definition) is 1. The molecule has 4 rings (SSSR count). The van der Waals surface area contributed by atoms with E-state index in [9.17, 15) is 10.5 Å². The molecule has 5 nitrogen and oxygen atoms in total. The number of nitriles is 2. The van der Waals surface area contributed by atoms with Crippen LogP contribution in [0.1, 0.15) is 21.6 Å². The van der Waals surface area contributed by atoms with Gasteiger partial charge in [0, 0.05) is 28.0 Å². The van der Waals surface area contributed by atoms with Crippen molar-refractivity contribution < 1.29 is 0 Å². The predicted octanol–water partition coefficient (Wildman–Crippen LogP) is 3.84. The van der Waals surface area contributed by atoms with Crippen LogP contribution in [0.4, 0.5) is 10.7 Å². The second kappa shape index (κ2) is 5.93. The summed E-state index contributed by atoms with van der Waals surface area (Å²) in [6.07, 6.45) is 2.33. The Morgan fingerprint density at radius 2 is 2.12 bits per heavy atom. The molecule has 0 atom stereocenters. The average molecular weight is 366 g/mol. The quantitative estimate of drug-likeness (QED) is 0.707. The molecule has 25 heavy (non-hydrogen) atoms. The highest BCUT2D eigenvalue weighted by molar-refractivity contribution is 7.16. The van der Waals surface area contributed by atoms with Gasteiger partial charge in [0.15, 0.2) is 0 Å². The third-order valence-electron chi connectivity index (χ3n) is 4.43. The number of nitrogen functional groups attached to an aromatic ring is 1. The molecule has 0 bridgehead atoms. The van der Waals surface area contributed by atoms with Crippen LogP contribution in [0.15, 0.2) is 24.4 Å². The molecule has 3 aromatic rings. The second-order valence-electron chi connectivity index (χ2n) is 5.82. The van der Waals surface area contributed by atoms with Crippen molar-refractivity contribution in [2.75, 3.05) is 17.2 Å². The first-order valence-electron chi connectivity index (χ1n) is 7.65. The van der Waals surface area contributed by atoms with Crippen LogP contribution in [-0.4, -0.2) is 11.5 Å². The number of rotatable bonds is 1. The highest BCUT2D eigenvalue weighted by Gasteiger charge is 2.26. The molecule has 0 aliphatic carbocycles. The molecule has 7 heteroatoms. The minimum Gasteiger partial charge on any atom is -0.389 e. The van der Waals surface area contributed by atoms with E-state index in [0.717, 1.165) is 33.5 Å². The van der Waals surface area contributed by atoms with E-state index in [4.69, 9.17) is 17.3 Å². The van der Waals surface area contributed by atoms with Gasteiger partial charge in [-0.3, -0.25) is 4.98 Å². The number of pyridine rings is 1. The van der Waals surface area contributed by atoms with Crippen LogP contribution >= 0.6 is 22.9 Å². The number of thiophene rings is 1. The Kier molecular flexibility index (Phi) is 3.73. The summed E-state index contributed by atoms with van der Waals surface area (Å²) in [6.45, 7) is 1.32. The van der Waals surface area contributed by atoms with Crippen molar-refractivity contribution in [2.24, 2.45) is 0 Å². The molecule has 1 aliphatic rings. The highest BCUT2D eigenvalue weighted by atomic mass is 35.5. The molecular weight excluding hydrogens is 354 g/mol. The van der Waals surface area contributed by atoms with Crippen molar-refractivity contribution in [3.8, 4) is 12.1 Å². The number of anilines is 2. The van der Waals surface area contributed by atoms with Gasteiger partial charge < -0.3 is 10.6 Å². The Morgan fingerprint density at radius 1 is 1.28 bits per heavy atom. The lowest BCUT2D eigenvalue weighted by atomic mass is 10.0. The molecule has 0 unspecified atom stereocenters. The van der Waals surface area contributed by atoms with Crippen molar-refractivity contribution >= 4 is 44.5 Å². The molecule has 0 radical (unpaired) electrons. The molecule has 1 aromatic carbocycles. The Hall–Kier alpha value is -2.80. The molecule has 0 spiro atoms. The molecule has 2 N–H and O–H groups in total. The predicted molar refractivity (Wildman–Crippen MR) is 99.7 cm³/mol. The Balaban J connectivity index is 1.87. The first-order valence-corrected chi connectivity index (χ1v) is 8.85. The van der Waals surface area contributed by atoms with Gasteiger partial charge in [0.1, 0.15) is 17.1 Å². The molecule has 0 saturated carbocycles. The molecule has 0 amide bonds. The standard InChI is InChI=1S/C18H12ClN5S/c19-11-1-2-15-13(5-11)17(10(6-20)8-23-15)24-4-3-12-14(7-21)18(22)25-16(12)9-24/h1-2,5,8H,3-4,9,22H2. The van der Waals surface area contributed by atoms with Crippen molar-refractivity contribution in [1.29, 1.82) is 10.5 Å². The molecular formula is C18H12ClN5S. The zero-order valence-corrected chi connectivity index (χ0v) is 14.7. The van der Waals surface area contributed by atoms with Crippen LogP contribution in [0.5, 0.6) is 0 Å². The SMILES string of the molecule is N#Cc1cnc2ccc(Cl)cc2c1N1CCc2c(sc(N)c2C#N)C1. The van der Waals surface area contributed by atoms with E-state index in [1.165, 1.54) is 11.3 Å². The number of aromatic nitrogens is 1. The summed E-state index contributed by atoms with van der Waals surface area (Å²) in [6, 6.07) is 9.93. The lowest BCUT2D eigenvalue weighted by Gasteiger charge is -2.30. The van der Waals surface area contributed by atoms with Gasteiger partial charge in [-0.2, -0.15) is 10.5 Å². The van der Waals surface area contributed by atoms with E-state index >= 15 is 0 Å². The zero-order valence-electron chi connectivity index (χ0n) is 13.1. The summed E-state index contributed by atoms with van der Waals surface area (Å²) < 4.78 is 0. The Morgan fingerprint density at radius 3 is 2.88 bits per heavy atom. The topological polar surface area (TPSA) is 89.7 Å². The van der Waals surface area contributed by atoms with Crippen LogP contribution < -0.4 is 10.6 Å². The van der Waals surface area contributed by atoms with Gasteiger partial charge in [0.05, 0.1) is 28.9 Å². The smallest absolute Gasteiger partial charge is 0.104 e. The number of nitrogens with two attached hydrogens (primary N) is 1. The van der Waals surface area contributed by atoms with E-state index in [0.29, 0.717) is 34.2 Å². The van der Waals surface area contributed by atoms with Gasteiger partial charge in [-0.15, -0.1) is 11.3 Å². The maximum absolute atomic E-state index is 9.55. The molecule has 122 valence electrons. The van der Waals surface area contributed by atoms with Crippen LogP contribution in [-0.2, 0) is 13.0 Å². The highest BCUT2D eigenvalue weighted by Crippen LogP contribution is 2.39. The van der Waals surface area contributed by atoms with Gasteiger partial charge in [0.2, 0.25) is 0 Å². The normalized spacial score (nSPS) is 13.3. The Labute approximate surface area is 153 Å². The van der Waals surface area contributed by atoms with Crippen molar-refractivity contribution in [2.45, 2.75) is 13.0 Å². The maximum atomic E-state index is 9.55. The largest absolute Gasteiger partial charge is 0.389 e. The lowest BCUT2D eigenvalue weighted by molar-refractivity contribution is 0.745. The van der Waals surface area contributed by atoms with Crippen LogP contribution in [0, 0.1) is 22.7 Å². The molecule has 0 saturated heterocycles. The minimum absolute atomic E-state index is 0.517. The summed E-state index contributed by atoms with van der Waals surface area (Å²) in [5.41, 5.74) is 9.77. The van der Waals surface area contributed by atoms with Crippen LogP contribution in [0.25, 0.3) is 10.9 Å². The number of nitrogens with zero attached hydrogens (tertiary/aromatic N) is 4. The van der Waals surface area contributed by atoms with Crippen LogP contribution in [0.2, 0.25) is 5.02 Å². The minimum atomic E-state index is 0.517. The molecule has 2 aromatic heterocycles. The molecule has 3 heterocycles. The third kappa shape index (κ3) is 2.47. The van der Waals surface area contributed by atoms with Gasteiger partial charge >= 0.3 is 0 Å². The fraction of sp³-hybridized carbons (Fsp3) is 0.167. The first-order chi connectivity index (χ1) is 12.1. The lowest BCUT2D eigenvalue weighted by Crippen LogP contribution is -2.30. The Bertz CT molecular complexity index is 1090. The summed E-state index contributed by atoms with van der Waals surface area (Å²) in [5.74, 6) is 0. The molecule has 1 aliphatic heterocycles. The van der Waals surface area contributed by atoms with Crippen LogP contribution in [0.3, 0.4) is 0 Å². The summed E-state index contributed by atoms with van der Waals surface area (Å²) >= 11 is 7.62. The van der Waals surface area contributed by atoms with E-state index in [2.05, 4.69) is 22.0 Å². The van der Waals surface area contributed by atoms with Crippen molar-refractivity contribution in [3.05, 3.63) is 51.0 Å².